The second-order valence-electron chi connectivity index (χ2n) is 4.87. The van der Waals surface area contributed by atoms with Crippen LogP contribution in [0.25, 0.3) is 0 Å². The summed E-state index contributed by atoms with van der Waals surface area (Å²) in [6, 6.07) is 0. The van der Waals surface area contributed by atoms with Gasteiger partial charge in [-0.3, -0.25) is 9.59 Å². The first kappa shape index (κ1) is 9.19. The topological polar surface area (TPSA) is 52.6 Å². The van der Waals surface area contributed by atoms with E-state index in [1.54, 1.807) is 0 Å². The number of carbonyl (C=O) groups is 2. The third kappa shape index (κ3) is 1.13. The highest BCUT2D eigenvalue weighted by atomic mass is 16.6. The van der Waals surface area contributed by atoms with Gasteiger partial charge in [-0.25, -0.2) is 0 Å². The first-order valence-corrected chi connectivity index (χ1v) is 5.44. The molecule has 0 heterocycles. The number of rotatable bonds is 2. The number of hydrogen-bond acceptors (Lipinski definition) is 4. The van der Waals surface area contributed by atoms with E-state index in [0.717, 1.165) is 6.42 Å². The van der Waals surface area contributed by atoms with Gasteiger partial charge < -0.3 is 9.47 Å². The third-order valence-corrected chi connectivity index (χ3v) is 4.04. The Labute approximate surface area is 87.9 Å². The maximum atomic E-state index is 10.9. The SMILES string of the molecule is CC(=O)O[C@@H]1C2C3CC1[C@@H](OC(C)=O)C32. The standard InChI is InChI=1S/C11H14O4/c1-4(12)14-10-7-3-6-8(10)9(6)11(7)15-5(2)13/h6-11H,3H2,1-2H3/t6?,7?,8?,9?,10-,11+. The lowest BCUT2D eigenvalue weighted by molar-refractivity contribution is -0.153. The van der Waals surface area contributed by atoms with Crippen LogP contribution in [0.5, 0.6) is 0 Å². The smallest absolute Gasteiger partial charge is 0.302 e. The molecule has 0 saturated heterocycles. The zero-order valence-electron chi connectivity index (χ0n) is 8.80. The fourth-order valence-electron chi connectivity index (χ4n) is 3.72. The van der Waals surface area contributed by atoms with Crippen LogP contribution in [0.2, 0.25) is 0 Å². The van der Waals surface area contributed by atoms with Crippen molar-refractivity contribution in [1.29, 1.82) is 0 Å². The Hall–Kier alpha value is -1.06. The Morgan fingerprint density at radius 2 is 1.40 bits per heavy atom. The normalized spacial score (nSPS) is 48.9. The average molecular weight is 210 g/mol. The quantitative estimate of drug-likeness (QED) is 0.631. The van der Waals surface area contributed by atoms with Crippen molar-refractivity contribution in [3.63, 3.8) is 0 Å². The van der Waals surface area contributed by atoms with Crippen LogP contribution in [-0.2, 0) is 19.1 Å². The summed E-state index contributed by atoms with van der Waals surface area (Å²) in [5.41, 5.74) is 0. The van der Waals surface area contributed by atoms with E-state index in [0.29, 0.717) is 17.8 Å². The highest BCUT2D eigenvalue weighted by Crippen LogP contribution is 2.72. The highest BCUT2D eigenvalue weighted by Gasteiger charge is 2.76. The van der Waals surface area contributed by atoms with Crippen LogP contribution < -0.4 is 0 Å². The maximum Gasteiger partial charge on any atom is 0.302 e. The van der Waals surface area contributed by atoms with Crippen molar-refractivity contribution in [3.8, 4) is 0 Å². The molecular formula is C11H14O4. The van der Waals surface area contributed by atoms with Gasteiger partial charge in [-0.1, -0.05) is 0 Å². The van der Waals surface area contributed by atoms with Gasteiger partial charge in [0.1, 0.15) is 12.2 Å². The highest BCUT2D eigenvalue weighted by molar-refractivity contribution is 5.67. The summed E-state index contributed by atoms with van der Waals surface area (Å²) >= 11 is 0. The summed E-state index contributed by atoms with van der Waals surface area (Å²) in [4.78, 5) is 21.9. The fourth-order valence-corrected chi connectivity index (χ4v) is 3.72. The van der Waals surface area contributed by atoms with Gasteiger partial charge in [-0.05, 0) is 12.3 Å². The molecule has 82 valence electrons. The van der Waals surface area contributed by atoms with Crippen molar-refractivity contribution >= 4 is 11.9 Å². The van der Waals surface area contributed by atoms with E-state index in [1.807, 2.05) is 0 Å². The van der Waals surface area contributed by atoms with Crippen LogP contribution in [0.1, 0.15) is 20.3 Å². The Kier molecular flexibility index (Phi) is 1.68. The van der Waals surface area contributed by atoms with Crippen LogP contribution >= 0.6 is 0 Å². The molecule has 0 spiro atoms. The molecule has 4 aliphatic carbocycles. The molecular weight excluding hydrogens is 196 g/mol. The van der Waals surface area contributed by atoms with Crippen molar-refractivity contribution in [2.75, 3.05) is 0 Å². The average Bonchev–Trinajstić information content (AvgIpc) is 2.46. The van der Waals surface area contributed by atoms with Crippen molar-refractivity contribution in [3.05, 3.63) is 0 Å². The van der Waals surface area contributed by atoms with E-state index in [-0.39, 0.29) is 30.1 Å². The molecule has 0 aliphatic heterocycles. The predicted octanol–water partition coefficient (Wildman–Crippen LogP) is 0.746. The van der Waals surface area contributed by atoms with Crippen LogP contribution in [0, 0.1) is 23.7 Å². The number of ether oxygens (including phenoxy) is 2. The lowest BCUT2D eigenvalue weighted by Gasteiger charge is -2.19. The van der Waals surface area contributed by atoms with Crippen molar-refractivity contribution in [1.82, 2.24) is 0 Å². The van der Waals surface area contributed by atoms with Gasteiger partial charge in [-0.15, -0.1) is 0 Å². The molecule has 4 heteroatoms. The van der Waals surface area contributed by atoms with Crippen molar-refractivity contribution < 1.29 is 19.1 Å². The minimum Gasteiger partial charge on any atom is -0.462 e. The van der Waals surface area contributed by atoms with E-state index < -0.39 is 0 Å². The molecule has 0 aromatic heterocycles. The molecule has 4 rings (SSSR count). The molecule has 4 fully saturated rings. The van der Waals surface area contributed by atoms with Crippen LogP contribution in [0.3, 0.4) is 0 Å². The van der Waals surface area contributed by atoms with E-state index >= 15 is 0 Å². The van der Waals surface area contributed by atoms with Crippen molar-refractivity contribution in [2.45, 2.75) is 32.5 Å². The predicted molar refractivity (Wildman–Crippen MR) is 49.7 cm³/mol. The minimum absolute atomic E-state index is 0.0156. The van der Waals surface area contributed by atoms with Crippen molar-refractivity contribution in [2.24, 2.45) is 23.7 Å². The molecule has 0 aromatic rings. The summed E-state index contributed by atoms with van der Waals surface area (Å²) in [6.07, 6.45) is 1.09. The zero-order chi connectivity index (χ0) is 10.7. The van der Waals surface area contributed by atoms with E-state index in [2.05, 4.69) is 0 Å². The molecule has 0 aromatic carbocycles. The van der Waals surface area contributed by atoms with Gasteiger partial charge in [0, 0.05) is 31.6 Å². The first-order valence-electron chi connectivity index (χ1n) is 5.44. The summed E-state index contributed by atoms with van der Waals surface area (Å²) in [7, 11) is 0. The van der Waals surface area contributed by atoms with Crippen LogP contribution in [0.15, 0.2) is 0 Å². The molecule has 15 heavy (non-hydrogen) atoms. The molecule has 6 atom stereocenters. The molecule has 4 unspecified atom stereocenters. The van der Waals surface area contributed by atoms with Crippen LogP contribution in [0.4, 0.5) is 0 Å². The lowest BCUT2D eigenvalue weighted by atomic mass is 10.1. The van der Waals surface area contributed by atoms with Gasteiger partial charge in [0.25, 0.3) is 0 Å². The molecule has 0 radical (unpaired) electrons. The molecule has 0 amide bonds. The van der Waals surface area contributed by atoms with Gasteiger partial charge in [0.15, 0.2) is 0 Å². The monoisotopic (exact) mass is 210 g/mol. The van der Waals surface area contributed by atoms with Crippen LogP contribution in [-0.4, -0.2) is 24.1 Å². The first-order chi connectivity index (χ1) is 7.09. The number of hydrogen-bond donors (Lipinski definition) is 0. The summed E-state index contributed by atoms with van der Waals surface area (Å²) in [5.74, 6) is 1.41. The van der Waals surface area contributed by atoms with Gasteiger partial charge in [0.2, 0.25) is 0 Å². The minimum atomic E-state index is -0.222. The summed E-state index contributed by atoms with van der Waals surface area (Å²) < 4.78 is 10.6. The maximum absolute atomic E-state index is 10.9. The fraction of sp³-hybridized carbons (Fsp3) is 0.818. The Morgan fingerprint density at radius 3 is 1.73 bits per heavy atom. The summed E-state index contributed by atoms with van der Waals surface area (Å²) in [6.45, 7) is 2.88. The van der Waals surface area contributed by atoms with E-state index in [9.17, 15) is 9.59 Å². The zero-order valence-corrected chi connectivity index (χ0v) is 8.80. The van der Waals surface area contributed by atoms with Gasteiger partial charge in [-0.2, -0.15) is 0 Å². The number of esters is 2. The Morgan fingerprint density at radius 1 is 0.933 bits per heavy atom. The van der Waals surface area contributed by atoms with E-state index in [4.69, 9.17) is 9.47 Å². The molecule has 4 aliphatic rings. The van der Waals surface area contributed by atoms with E-state index in [1.165, 1.54) is 13.8 Å². The largest absolute Gasteiger partial charge is 0.462 e. The second kappa shape index (κ2) is 2.74. The molecule has 0 N–H and O–H groups in total. The molecule has 4 bridgehead atoms. The lowest BCUT2D eigenvalue weighted by Crippen LogP contribution is -2.28. The second-order valence-corrected chi connectivity index (χ2v) is 4.87. The Balaban J connectivity index is 1.73. The van der Waals surface area contributed by atoms with Gasteiger partial charge >= 0.3 is 11.9 Å². The summed E-state index contributed by atoms with van der Waals surface area (Å²) in [5, 5.41) is 0. The molecule has 4 nitrogen and oxygen atoms in total. The number of carbonyl (C=O) groups excluding carboxylic acids is 2. The molecule has 4 saturated carbocycles. The third-order valence-electron chi connectivity index (χ3n) is 4.04. The van der Waals surface area contributed by atoms with Gasteiger partial charge in [0.05, 0.1) is 0 Å². The Bertz CT molecular complexity index is 307.